The van der Waals surface area contributed by atoms with E-state index in [0.29, 0.717) is 5.92 Å². The molecular formula is C11H19N. The van der Waals surface area contributed by atoms with E-state index >= 15 is 0 Å². The molecule has 0 saturated heterocycles. The lowest BCUT2D eigenvalue weighted by molar-refractivity contribution is 0.633. The molecule has 1 aliphatic heterocycles. The predicted molar refractivity (Wildman–Crippen MR) is 54.7 cm³/mol. The smallest absolute Gasteiger partial charge is 0.0761 e. The highest BCUT2D eigenvalue weighted by atomic mass is 14.9. The minimum absolute atomic E-state index is 0.00419. The summed E-state index contributed by atoms with van der Waals surface area (Å²) in [5.74, 6) is 0.713. The van der Waals surface area contributed by atoms with E-state index in [2.05, 4.69) is 39.3 Å². The van der Waals surface area contributed by atoms with Crippen LogP contribution in [0.5, 0.6) is 0 Å². The van der Waals surface area contributed by atoms with Crippen LogP contribution in [0.15, 0.2) is 17.1 Å². The molecule has 0 saturated carbocycles. The molecule has 1 heteroatoms. The standard InChI is InChI=1S/C11H19N/c1-8(2)6-10-7-9(3)11(4,5)12-10/h8H,3,6-7H2,1-2,4-5H3. The van der Waals surface area contributed by atoms with Crippen molar-refractivity contribution in [3.8, 4) is 0 Å². The van der Waals surface area contributed by atoms with Gasteiger partial charge in [-0.2, -0.15) is 0 Å². The molecule has 12 heavy (non-hydrogen) atoms. The summed E-state index contributed by atoms with van der Waals surface area (Å²) < 4.78 is 0. The fourth-order valence-corrected chi connectivity index (χ4v) is 1.57. The van der Waals surface area contributed by atoms with E-state index in [1.54, 1.807) is 0 Å². The van der Waals surface area contributed by atoms with Crippen LogP contribution in [-0.4, -0.2) is 11.3 Å². The van der Waals surface area contributed by atoms with Crippen LogP contribution in [0.25, 0.3) is 0 Å². The fourth-order valence-electron chi connectivity index (χ4n) is 1.57. The van der Waals surface area contributed by atoms with E-state index in [4.69, 9.17) is 0 Å². The van der Waals surface area contributed by atoms with Crippen LogP contribution in [0.1, 0.15) is 40.5 Å². The van der Waals surface area contributed by atoms with Crippen LogP contribution < -0.4 is 0 Å². The van der Waals surface area contributed by atoms with Gasteiger partial charge in [-0.05, 0) is 31.8 Å². The third-order valence-electron chi connectivity index (χ3n) is 2.36. The van der Waals surface area contributed by atoms with Gasteiger partial charge in [0.15, 0.2) is 0 Å². The number of nitrogens with zero attached hydrogens (tertiary/aromatic N) is 1. The first-order chi connectivity index (χ1) is 5.42. The zero-order valence-corrected chi connectivity index (χ0v) is 8.65. The molecule has 0 fully saturated rings. The molecule has 0 aromatic rings. The van der Waals surface area contributed by atoms with Gasteiger partial charge >= 0.3 is 0 Å². The van der Waals surface area contributed by atoms with Gasteiger partial charge in [-0.25, -0.2) is 0 Å². The van der Waals surface area contributed by atoms with Crippen LogP contribution in [0.2, 0.25) is 0 Å². The van der Waals surface area contributed by atoms with Gasteiger partial charge < -0.3 is 0 Å². The molecule has 0 N–H and O–H groups in total. The van der Waals surface area contributed by atoms with Crippen molar-refractivity contribution in [1.82, 2.24) is 0 Å². The first-order valence-corrected chi connectivity index (χ1v) is 4.67. The summed E-state index contributed by atoms with van der Waals surface area (Å²) >= 11 is 0. The van der Waals surface area contributed by atoms with E-state index in [1.165, 1.54) is 11.3 Å². The second-order valence-electron chi connectivity index (χ2n) is 4.62. The van der Waals surface area contributed by atoms with E-state index < -0.39 is 0 Å². The zero-order valence-electron chi connectivity index (χ0n) is 8.65. The third kappa shape index (κ3) is 1.96. The van der Waals surface area contributed by atoms with Crippen molar-refractivity contribution < 1.29 is 0 Å². The van der Waals surface area contributed by atoms with E-state index in [0.717, 1.165) is 12.8 Å². The topological polar surface area (TPSA) is 12.4 Å². The molecule has 1 aliphatic rings. The van der Waals surface area contributed by atoms with Gasteiger partial charge in [-0.1, -0.05) is 20.4 Å². The molecule has 0 aromatic carbocycles. The molecule has 0 aromatic heterocycles. The Morgan fingerprint density at radius 2 is 2.08 bits per heavy atom. The van der Waals surface area contributed by atoms with Gasteiger partial charge in [0, 0.05) is 12.1 Å². The molecule has 0 atom stereocenters. The SMILES string of the molecule is C=C1CC(CC(C)C)=NC1(C)C. The summed E-state index contributed by atoms with van der Waals surface area (Å²) in [6.07, 6.45) is 2.15. The number of aliphatic imine (C=N–C) groups is 1. The molecule has 0 aliphatic carbocycles. The fraction of sp³-hybridized carbons (Fsp3) is 0.727. The lowest BCUT2D eigenvalue weighted by Crippen LogP contribution is -2.13. The van der Waals surface area contributed by atoms with Gasteiger partial charge in [0.2, 0.25) is 0 Å². The summed E-state index contributed by atoms with van der Waals surface area (Å²) in [7, 11) is 0. The van der Waals surface area contributed by atoms with Gasteiger partial charge in [0.1, 0.15) is 0 Å². The second-order valence-corrected chi connectivity index (χ2v) is 4.62. The predicted octanol–water partition coefficient (Wildman–Crippen LogP) is 3.21. The highest BCUT2D eigenvalue weighted by molar-refractivity contribution is 5.90. The first-order valence-electron chi connectivity index (χ1n) is 4.67. The van der Waals surface area contributed by atoms with E-state index in [1.807, 2.05) is 0 Å². The summed E-state index contributed by atoms with van der Waals surface area (Å²) in [5, 5.41) is 0. The molecule has 0 bridgehead atoms. The molecule has 0 radical (unpaired) electrons. The minimum atomic E-state index is 0.00419. The van der Waals surface area contributed by atoms with Gasteiger partial charge in [-0.3, -0.25) is 4.99 Å². The Morgan fingerprint density at radius 3 is 2.42 bits per heavy atom. The lowest BCUT2D eigenvalue weighted by Gasteiger charge is -2.14. The average Bonchev–Trinajstić information content (AvgIpc) is 2.04. The van der Waals surface area contributed by atoms with Crippen LogP contribution in [-0.2, 0) is 0 Å². The molecule has 1 nitrogen and oxygen atoms in total. The Kier molecular flexibility index (Phi) is 2.41. The lowest BCUT2D eigenvalue weighted by atomic mass is 9.95. The van der Waals surface area contributed by atoms with Gasteiger partial charge in [0.25, 0.3) is 0 Å². The van der Waals surface area contributed by atoms with E-state index in [-0.39, 0.29) is 5.54 Å². The Morgan fingerprint density at radius 1 is 1.50 bits per heavy atom. The van der Waals surface area contributed by atoms with Crippen LogP contribution in [0, 0.1) is 5.92 Å². The maximum Gasteiger partial charge on any atom is 0.0761 e. The summed E-state index contributed by atoms with van der Waals surface area (Å²) in [6, 6.07) is 0. The highest BCUT2D eigenvalue weighted by Gasteiger charge is 2.28. The Balaban J connectivity index is 2.66. The number of hydrogen-bond donors (Lipinski definition) is 0. The molecule has 0 unspecified atom stereocenters. The molecule has 1 heterocycles. The molecule has 1 rings (SSSR count). The monoisotopic (exact) mass is 165 g/mol. The Bertz CT molecular complexity index is 221. The van der Waals surface area contributed by atoms with E-state index in [9.17, 15) is 0 Å². The summed E-state index contributed by atoms with van der Waals surface area (Å²) in [6.45, 7) is 12.8. The molecule has 0 amide bonds. The average molecular weight is 165 g/mol. The maximum atomic E-state index is 4.66. The first kappa shape index (κ1) is 9.50. The van der Waals surface area contributed by atoms with Crippen molar-refractivity contribution >= 4 is 5.71 Å². The normalized spacial score (nSPS) is 21.8. The van der Waals surface area contributed by atoms with Crippen molar-refractivity contribution in [1.29, 1.82) is 0 Å². The summed E-state index contributed by atoms with van der Waals surface area (Å²) in [5.41, 5.74) is 2.60. The van der Waals surface area contributed by atoms with Crippen molar-refractivity contribution in [3.63, 3.8) is 0 Å². The molecule has 0 spiro atoms. The van der Waals surface area contributed by atoms with Crippen LogP contribution in [0.4, 0.5) is 0 Å². The Labute approximate surface area is 75.6 Å². The quantitative estimate of drug-likeness (QED) is 0.557. The van der Waals surface area contributed by atoms with Crippen LogP contribution in [0.3, 0.4) is 0 Å². The molecule has 68 valence electrons. The number of hydrogen-bond acceptors (Lipinski definition) is 1. The summed E-state index contributed by atoms with van der Waals surface area (Å²) in [4.78, 5) is 4.66. The maximum absolute atomic E-state index is 4.66. The van der Waals surface area contributed by atoms with Gasteiger partial charge in [-0.15, -0.1) is 0 Å². The zero-order chi connectivity index (χ0) is 9.35. The van der Waals surface area contributed by atoms with Crippen molar-refractivity contribution in [2.75, 3.05) is 0 Å². The van der Waals surface area contributed by atoms with Crippen molar-refractivity contribution in [3.05, 3.63) is 12.2 Å². The van der Waals surface area contributed by atoms with Crippen LogP contribution >= 0.6 is 0 Å². The van der Waals surface area contributed by atoms with Crippen molar-refractivity contribution in [2.24, 2.45) is 10.9 Å². The Hall–Kier alpha value is -0.590. The van der Waals surface area contributed by atoms with Crippen molar-refractivity contribution in [2.45, 2.75) is 46.1 Å². The molecular weight excluding hydrogens is 146 g/mol. The minimum Gasteiger partial charge on any atom is -0.283 e. The third-order valence-corrected chi connectivity index (χ3v) is 2.36. The largest absolute Gasteiger partial charge is 0.283 e. The van der Waals surface area contributed by atoms with Gasteiger partial charge in [0.05, 0.1) is 5.54 Å². The number of rotatable bonds is 2. The highest BCUT2D eigenvalue weighted by Crippen LogP contribution is 2.31. The second kappa shape index (κ2) is 3.04.